The van der Waals surface area contributed by atoms with Crippen LogP contribution in [0.3, 0.4) is 0 Å². The maximum Gasteiger partial charge on any atom is 0.106 e. The first-order valence-electron chi connectivity index (χ1n) is 7.49. The number of piperazine rings is 1. The highest BCUT2D eigenvalue weighted by molar-refractivity contribution is 9.10. The lowest BCUT2D eigenvalue weighted by atomic mass is 9.88. The van der Waals surface area contributed by atoms with Crippen LogP contribution in [0.1, 0.15) is 24.6 Å². The minimum atomic E-state index is 0. The van der Waals surface area contributed by atoms with Crippen LogP contribution in [0.25, 0.3) is 0 Å². The fourth-order valence-corrected chi connectivity index (χ4v) is 3.66. The molecule has 4 nitrogen and oxygen atoms in total. The second kappa shape index (κ2) is 10.1. The molecule has 1 aromatic rings. The van der Waals surface area contributed by atoms with Crippen LogP contribution < -0.4 is 5.32 Å². The van der Waals surface area contributed by atoms with E-state index < -0.39 is 0 Å². The smallest absolute Gasteiger partial charge is 0.106 e. The third-order valence-electron chi connectivity index (χ3n) is 4.30. The second-order valence-corrected chi connectivity index (χ2v) is 6.38. The normalized spacial score (nSPS) is 21.5. The van der Waals surface area contributed by atoms with Crippen molar-refractivity contribution in [2.75, 3.05) is 39.4 Å². The Morgan fingerprint density at radius 3 is 2.50 bits per heavy atom. The van der Waals surface area contributed by atoms with Gasteiger partial charge in [0.05, 0.1) is 11.7 Å². The average Bonchev–Trinajstić information content (AvgIpc) is 2.50. The zero-order valence-electron chi connectivity index (χ0n) is 12.5. The molecular formula is C15H24BrCl2N3O. The van der Waals surface area contributed by atoms with Crippen LogP contribution in [0.4, 0.5) is 0 Å². The number of pyridine rings is 1. The Balaban J connectivity index is 0.00000121. The van der Waals surface area contributed by atoms with E-state index >= 15 is 0 Å². The van der Waals surface area contributed by atoms with Gasteiger partial charge in [0, 0.05) is 39.4 Å². The van der Waals surface area contributed by atoms with Gasteiger partial charge >= 0.3 is 0 Å². The molecule has 2 fully saturated rings. The van der Waals surface area contributed by atoms with Crippen molar-refractivity contribution in [2.45, 2.75) is 18.9 Å². The quantitative estimate of drug-likeness (QED) is 0.774. The molecule has 7 heteroatoms. The van der Waals surface area contributed by atoms with Crippen molar-refractivity contribution in [3.05, 3.63) is 28.5 Å². The SMILES string of the molecule is Brc1cccc([C@@H](C2CCOCC2)N2CCNCC2)n1.Cl.Cl. The van der Waals surface area contributed by atoms with Crippen molar-refractivity contribution in [2.24, 2.45) is 5.92 Å². The van der Waals surface area contributed by atoms with E-state index in [0.29, 0.717) is 12.0 Å². The number of ether oxygens (including phenoxy) is 1. The number of aromatic nitrogens is 1. The summed E-state index contributed by atoms with van der Waals surface area (Å²) in [5.74, 6) is 0.656. The lowest BCUT2D eigenvalue weighted by Crippen LogP contribution is -2.47. The third kappa shape index (κ3) is 5.05. The summed E-state index contributed by atoms with van der Waals surface area (Å²) in [6.07, 6.45) is 2.28. The summed E-state index contributed by atoms with van der Waals surface area (Å²) in [6, 6.07) is 6.70. The first kappa shape index (κ1) is 20.1. The van der Waals surface area contributed by atoms with Crippen LogP contribution in [0.2, 0.25) is 0 Å². The minimum absolute atomic E-state index is 0. The van der Waals surface area contributed by atoms with Crippen molar-refractivity contribution in [1.29, 1.82) is 0 Å². The topological polar surface area (TPSA) is 37.4 Å². The van der Waals surface area contributed by atoms with Gasteiger partial charge in [-0.1, -0.05) is 6.07 Å². The predicted molar refractivity (Wildman–Crippen MR) is 97.2 cm³/mol. The first-order valence-corrected chi connectivity index (χ1v) is 8.29. The van der Waals surface area contributed by atoms with Crippen molar-refractivity contribution in [3.8, 4) is 0 Å². The zero-order valence-corrected chi connectivity index (χ0v) is 15.8. The van der Waals surface area contributed by atoms with Crippen molar-refractivity contribution < 1.29 is 4.74 Å². The first-order chi connectivity index (χ1) is 9.84. The van der Waals surface area contributed by atoms with Gasteiger partial charge in [0.25, 0.3) is 0 Å². The molecule has 3 heterocycles. The van der Waals surface area contributed by atoms with E-state index in [-0.39, 0.29) is 24.8 Å². The average molecular weight is 413 g/mol. The zero-order chi connectivity index (χ0) is 13.8. The molecule has 0 aliphatic carbocycles. The Bertz CT molecular complexity index is 423. The number of nitrogens with zero attached hydrogens (tertiary/aromatic N) is 2. The van der Waals surface area contributed by atoms with Gasteiger partial charge in [0.15, 0.2) is 0 Å². The van der Waals surface area contributed by atoms with Gasteiger partial charge in [-0.25, -0.2) is 4.98 Å². The van der Waals surface area contributed by atoms with Crippen LogP contribution in [-0.2, 0) is 4.74 Å². The second-order valence-electron chi connectivity index (χ2n) is 5.57. The predicted octanol–water partition coefficient (Wildman–Crippen LogP) is 3.06. The van der Waals surface area contributed by atoms with Crippen LogP contribution in [0, 0.1) is 5.92 Å². The molecule has 1 N–H and O–H groups in total. The monoisotopic (exact) mass is 411 g/mol. The lowest BCUT2D eigenvalue weighted by molar-refractivity contribution is 0.0200. The van der Waals surface area contributed by atoms with E-state index in [0.717, 1.165) is 56.8 Å². The van der Waals surface area contributed by atoms with Crippen LogP contribution in [0.5, 0.6) is 0 Å². The Labute approximate surface area is 153 Å². The van der Waals surface area contributed by atoms with Gasteiger partial charge in [0.1, 0.15) is 4.60 Å². The van der Waals surface area contributed by atoms with Crippen LogP contribution in [-0.4, -0.2) is 49.3 Å². The lowest BCUT2D eigenvalue weighted by Gasteiger charge is -2.40. The van der Waals surface area contributed by atoms with Gasteiger partial charge in [0.2, 0.25) is 0 Å². The summed E-state index contributed by atoms with van der Waals surface area (Å²) in [4.78, 5) is 7.34. The summed E-state index contributed by atoms with van der Waals surface area (Å²) in [5.41, 5.74) is 1.20. The van der Waals surface area contributed by atoms with Gasteiger partial charge in [-0.05, 0) is 46.8 Å². The number of hydrogen-bond acceptors (Lipinski definition) is 4. The molecule has 2 saturated heterocycles. The Kier molecular flexibility index (Phi) is 9.21. The third-order valence-corrected chi connectivity index (χ3v) is 4.74. The molecule has 126 valence electrons. The molecule has 1 atom stereocenters. The van der Waals surface area contributed by atoms with Crippen molar-refractivity contribution in [3.63, 3.8) is 0 Å². The summed E-state index contributed by atoms with van der Waals surface area (Å²) >= 11 is 3.51. The number of hydrogen-bond donors (Lipinski definition) is 1. The molecule has 0 amide bonds. The maximum atomic E-state index is 5.54. The van der Waals surface area contributed by atoms with Crippen LogP contribution >= 0.6 is 40.7 Å². The highest BCUT2D eigenvalue weighted by atomic mass is 79.9. The molecule has 0 saturated carbocycles. The molecule has 2 aliphatic rings. The maximum absolute atomic E-state index is 5.54. The highest BCUT2D eigenvalue weighted by Crippen LogP contribution is 2.34. The van der Waals surface area contributed by atoms with Gasteiger partial charge in [-0.15, -0.1) is 24.8 Å². The summed E-state index contributed by atoms with van der Waals surface area (Å²) in [7, 11) is 0. The van der Waals surface area contributed by atoms with E-state index in [1.54, 1.807) is 0 Å². The molecule has 22 heavy (non-hydrogen) atoms. The Hall–Kier alpha value is 0.0900. The largest absolute Gasteiger partial charge is 0.381 e. The van der Waals surface area contributed by atoms with E-state index in [9.17, 15) is 0 Å². The summed E-state index contributed by atoms with van der Waals surface area (Å²) < 4.78 is 6.47. The fraction of sp³-hybridized carbons (Fsp3) is 0.667. The van der Waals surface area contributed by atoms with E-state index in [2.05, 4.69) is 38.3 Å². The van der Waals surface area contributed by atoms with E-state index in [1.807, 2.05) is 6.07 Å². The van der Waals surface area contributed by atoms with Gasteiger partial charge in [-0.2, -0.15) is 0 Å². The van der Waals surface area contributed by atoms with Crippen molar-refractivity contribution >= 4 is 40.7 Å². The number of rotatable bonds is 3. The number of nitrogens with one attached hydrogen (secondary N) is 1. The Morgan fingerprint density at radius 2 is 1.86 bits per heavy atom. The van der Waals surface area contributed by atoms with Crippen molar-refractivity contribution in [1.82, 2.24) is 15.2 Å². The van der Waals surface area contributed by atoms with Gasteiger partial charge < -0.3 is 10.1 Å². The molecular weight excluding hydrogens is 389 g/mol. The molecule has 0 bridgehead atoms. The fourth-order valence-electron chi connectivity index (χ4n) is 3.31. The number of halogens is 3. The summed E-state index contributed by atoms with van der Waals surface area (Å²) in [5, 5.41) is 3.44. The standard InChI is InChI=1S/C15H22BrN3O.2ClH/c16-14-3-1-2-13(18-14)15(12-4-10-20-11-5-12)19-8-6-17-7-9-19;;/h1-3,12,15,17H,4-11H2;2*1H/t15-;;/m1../s1. The van der Waals surface area contributed by atoms with Gasteiger partial charge in [-0.3, -0.25) is 4.90 Å². The molecule has 1 aromatic heterocycles. The molecule has 0 radical (unpaired) electrons. The molecule has 0 unspecified atom stereocenters. The summed E-state index contributed by atoms with van der Waals surface area (Å²) in [6.45, 7) is 6.15. The Morgan fingerprint density at radius 1 is 1.18 bits per heavy atom. The highest BCUT2D eigenvalue weighted by Gasteiger charge is 2.32. The van der Waals surface area contributed by atoms with E-state index in [4.69, 9.17) is 9.72 Å². The van der Waals surface area contributed by atoms with Crippen LogP contribution in [0.15, 0.2) is 22.8 Å². The molecule has 3 rings (SSSR count). The molecule has 0 spiro atoms. The molecule has 2 aliphatic heterocycles. The molecule has 0 aromatic carbocycles. The van der Waals surface area contributed by atoms with E-state index in [1.165, 1.54) is 5.69 Å². The minimum Gasteiger partial charge on any atom is -0.381 e.